The Morgan fingerprint density at radius 3 is 2.65 bits per heavy atom. The summed E-state index contributed by atoms with van der Waals surface area (Å²) in [5, 5.41) is 0. The maximum atomic E-state index is 11.2. The maximum absolute atomic E-state index is 11.2. The Kier molecular flexibility index (Phi) is 6.38. The molecule has 0 saturated carbocycles. The predicted octanol–water partition coefficient (Wildman–Crippen LogP) is 3.95. The second kappa shape index (κ2) is 7.88. The quantitative estimate of drug-likeness (QED) is 0.503. The number of para-hydroxylation sites is 1. The molecule has 0 aliphatic heterocycles. The van der Waals surface area contributed by atoms with E-state index in [9.17, 15) is 4.79 Å². The van der Waals surface area contributed by atoms with Crippen LogP contribution in [0.15, 0.2) is 24.3 Å². The first-order valence-corrected chi connectivity index (χ1v) is 6.41. The minimum atomic E-state index is -0.0250. The molecule has 1 aromatic rings. The van der Waals surface area contributed by atoms with Gasteiger partial charge in [0.1, 0.15) is 12.0 Å². The number of unbranched alkanes of at least 4 members (excludes halogenated alkanes) is 3. The van der Waals surface area contributed by atoms with Crippen molar-refractivity contribution in [3.05, 3.63) is 29.8 Å². The fourth-order valence-corrected chi connectivity index (χ4v) is 2.06. The van der Waals surface area contributed by atoms with Crippen molar-refractivity contribution in [2.24, 2.45) is 0 Å². The minimum Gasteiger partial charge on any atom is -0.496 e. The normalized spacial score (nSPS) is 12.1. The first-order chi connectivity index (χ1) is 8.33. The van der Waals surface area contributed by atoms with Crippen molar-refractivity contribution in [3.63, 3.8) is 0 Å². The third-order valence-electron chi connectivity index (χ3n) is 3.07. The summed E-state index contributed by atoms with van der Waals surface area (Å²) in [5.74, 6) is 0.795. The van der Waals surface area contributed by atoms with Crippen LogP contribution in [0.1, 0.15) is 50.5 Å². The summed E-state index contributed by atoms with van der Waals surface area (Å²) < 4.78 is 5.30. The summed E-state index contributed by atoms with van der Waals surface area (Å²) in [6, 6.07) is 7.79. The third-order valence-corrected chi connectivity index (χ3v) is 3.07. The fourth-order valence-electron chi connectivity index (χ4n) is 2.06. The van der Waals surface area contributed by atoms with Crippen molar-refractivity contribution >= 4 is 6.29 Å². The van der Waals surface area contributed by atoms with Gasteiger partial charge in [0.05, 0.1) is 7.11 Å². The third kappa shape index (κ3) is 4.22. The number of benzene rings is 1. The van der Waals surface area contributed by atoms with E-state index >= 15 is 0 Å². The van der Waals surface area contributed by atoms with Crippen LogP contribution < -0.4 is 4.74 Å². The molecule has 0 aliphatic carbocycles. The van der Waals surface area contributed by atoms with Crippen LogP contribution in [0.3, 0.4) is 0 Å². The summed E-state index contributed by atoms with van der Waals surface area (Å²) >= 11 is 0. The number of hydrogen-bond donors (Lipinski definition) is 0. The van der Waals surface area contributed by atoms with Gasteiger partial charge in [-0.25, -0.2) is 0 Å². The lowest BCUT2D eigenvalue weighted by atomic mass is 9.93. The van der Waals surface area contributed by atoms with E-state index in [-0.39, 0.29) is 5.92 Å². The molecule has 0 N–H and O–H groups in total. The van der Waals surface area contributed by atoms with Gasteiger partial charge in [0, 0.05) is 11.5 Å². The molecule has 2 nitrogen and oxygen atoms in total. The summed E-state index contributed by atoms with van der Waals surface area (Å²) in [6.07, 6.45) is 6.75. The lowest BCUT2D eigenvalue weighted by Crippen LogP contribution is -2.03. The molecule has 1 atom stereocenters. The number of hydrogen-bond acceptors (Lipinski definition) is 2. The second-order valence-corrected chi connectivity index (χ2v) is 4.33. The van der Waals surface area contributed by atoms with Gasteiger partial charge in [-0.05, 0) is 12.5 Å². The molecule has 0 aliphatic rings. The first-order valence-electron chi connectivity index (χ1n) is 6.41. The molecule has 0 fully saturated rings. The van der Waals surface area contributed by atoms with Gasteiger partial charge in [-0.15, -0.1) is 0 Å². The molecule has 17 heavy (non-hydrogen) atoms. The van der Waals surface area contributed by atoms with E-state index in [0.717, 1.165) is 30.4 Å². The van der Waals surface area contributed by atoms with Crippen LogP contribution in [0.2, 0.25) is 0 Å². The van der Waals surface area contributed by atoms with Crippen molar-refractivity contribution in [2.75, 3.05) is 7.11 Å². The molecule has 0 saturated heterocycles. The molecule has 1 rings (SSSR count). The maximum Gasteiger partial charge on any atom is 0.127 e. The van der Waals surface area contributed by atoms with E-state index in [0.29, 0.717) is 0 Å². The Balaban J connectivity index is 2.62. The molecular formula is C15H22O2. The topological polar surface area (TPSA) is 26.3 Å². The van der Waals surface area contributed by atoms with Crippen LogP contribution in [0, 0.1) is 0 Å². The zero-order valence-corrected chi connectivity index (χ0v) is 10.8. The number of ether oxygens (including phenoxy) is 1. The molecule has 0 heterocycles. The van der Waals surface area contributed by atoms with E-state index in [1.165, 1.54) is 19.3 Å². The Hall–Kier alpha value is -1.31. The van der Waals surface area contributed by atoms with E-state index in [1.54, 1.807) is 7.11 Å². The molecule has 0 spiro atoms. The molecule has 2 heteroatoms. The molecule has 1 unspecified atom stereocenters. The molecule has 0 radical (unpaired) electrons. The highest BCUT2D eigenvalue weighted by molar-refractivity contribution is 5.64. The van der Waals surface area contributed by atoms with Crippen LogP contribution in [-0.2, 0) is 4.79 Å². The molecule has 0 bridgehead atoms. The summed E-state index contributed by atoms with van der Waals surface area (Å²) in [6.45, 7) is 2.19. The van der Waals surface area contributed by atoms with Gasteiger partial charge in [0.15, 0.2) is 0 Å². The Labute approximate surface area is 104 Å². The van der Waals surface area contributed by atoms with E-state index < -0.39 is 0 Å². The van der Waals surface area contributed by atoms with Crippen molar-refractivity contribution in [1.82, 2.24) is 0 Å². The van der Waals surface area contributed by atoms with Gasteiger partial charge in [-0.2, -0.15) is 0 Å². The average molecular weight is 234 g/mol. The highest BCUT2D eigenvalue weighted by Crippen LogP contribution is 2.28. The Bertz CT molecular complexity index is 333. The zero-order valence-electron chi connectivity index (χ0n) is 10.8. The monoisotopic (exact) mass is 234 g/mol. The molecule has 94 valence electrons. The Morgan fingerprint density at radius 1 is 1.24 bits per heavy atom. The van der Waals surface area contributed by atoms with E-state index in [4.69, 9.17) is 4.74 Å². The van der Waals surface area contributed by atoms with Gasteiger partial charge in [0.2, 0.25) is 0 Å². The van der Waals surface area contributed by atoms with Crippen LogP contribution >= 0.6 is 0 Å². The lowest BCUT2D eigenvalue weighted by molar-refractivity contribution is -0.109. The molecular weight excluding hydrogens is 212 g/mol. The Morgan fingerprint density at radius 2 is 2.00 bits per heavy atom. The van der Waals surface area contributed by atoms with Crippen molar-refractivity contribution < 1.29 is 9.53 Å². The summed E-state index contributed by atoms with van der Waals surface area (Å²) in [7, 11) is 1.65. The largest absolute Gasteiger partial charge is 0.496 e. The van der Waals surface area contributed by atoms with E-state index in [2.05, 4.69) is 6.92 Å². The smallest absolute Gasteiger partial charge is 0.127 e. The van der Waals surface area contributed by atoms with Crippen LogP contribution in [0.5, 0.6) is 5.75 Å². The SMILES string of the molecule is CCCCCCC(C=O)c1ccccc1OC. The standard InChI is InChI=1S/C15H22O2/c1-3-4-5-6-9-13(12-16)14-10-7-8-11-15(14)17-2/h7-8,10-13H,3-6,9H2,1-2H3. The van der Waals surface area contributed by atoms with Crippen molar-refractivity contribution in [1.29, 1.82) is 0 Å². The second-order valence-electron chi connectivity index (χ2n) is 4.33. The molecule has 1 aromatic carbocycles. The lowest BCUT2D eigenvalue weighted by Gasteiger charge is -2.14. The highest BCUT2D eigenvalue weighted by Gasteiger charge is 2.14. The first kappa shape index (κ1) is 13.8. The summed E-state index contributed by atoms with van der Waals surface area (Å²) in [4.78, 5) is 11.2. The number of rotatable bonds is 8. The van der Waals surface area contributed by atoms with Gasteiger partial charge in [-0.3, -0.25) is 0 Å². The minimum absolute atomic E-state index is 0.0250. The van der Waals surface area contributed by atoms with Gasteiger partial charge < -0.3 is 9.53 Å². The number of aldehydes is 1. The zero-order chi connectivity index (χ0) is 12.5. The highest BCUT2D eigenvalue weighted by atomic mass is 16.5. The van der Waals surface area contributed by atoms with Crippen molar-refractivity contribution in [2.45, 2.75) is 44.9 Å². The number of carbonyl (C=O) groups excluding carboxylic acids is 1. The van der Waals surface area contributed by atoms with Gasteiger partial charge in [0.25, 0.3) is 0 Å². The van der Waals surface area contributed by atoms with Crippen LogP contribution in [0.4, 0.5) is 0 Å². The van der Waals surface area contributed by atoms with Gasteiger partial charge in [-0.1, -0.05) is 50.8 Å². The summed E-state index contributed by atoms with van der Waals surface area (Å²) in [5.41, 5.74) is 1.02. The van der Waals surface area contributed by atoms with Crippen LogP contribution in [-0.4, -0.2) is 13.4 Å². The fraction of sp³-hybridized carbons (Fsp3) is 0.533. The number of carbonyl (C=O) groups is 1. The predicted molar refractivity (Wildman–Crippen MR) is 70.6 cm³/mol. The molecule has 0 amide bonds. The van der Waals surface area contributed by atoms with E-state index in [1.807, 2.05) is 24.3 Å². The van der Waals surface area contributed by atoms with Crippen LogP contribution in [0.25, 0.3) is 0 Å². The van der Waals surface area contributed by atoms with Crippen molar-refractivity contribution in [3.8, 4) is 5.75 Å². The van der Waals surface area contributed by atoms with Gasteiger partial charge >= 0.3 is 0 Å². The average Bonchev–Trinajstić information content (AvgIpc) is 2.39. The number of methoxy groups -OCH3 is 1. The molecule has 0 aromatic heterocycles.